The molecule has 2 aromatic rings. The van der Waals surface area contributed by atoms with Crippen LogP contribution in [0.25, 0.3) is 0 Å². The van der Waals surface area contributed by atoms with Gasteiger partial charge in [0.05, 0.1) is 7.11 Å². The molecule has 2 rings (SSSR count). The van der Waals surface area contributed by atoms with Crippen LogP contribution in [0.2, 0.25) is 0 Å². The van der Waals surface area contributed by atoms with Crippen LogP contribution in [0.15, 0.2) is 54.6 Å². The lowest BCUT2D eigenvalue weighted by atomic mass is 10.1. The molecular weight excluding hydrogens is 260 g/mol. The van der Waals surface area contributed by atoms with Crippen molar-refractivity contribution >= 4 is 0 Å². The zero-order valence-electron chi connectivity index (χ0n) is 12.7. The standard InChI is InChI=1S/C18H24N2O/c1-21-18-9-7-17(8-10-18)15-20(14-12-19)13-11-16-5-3-2-4-6-16/h2-10H,11-15,19H2,1H3. The minimum absolute atomic E-state index is 0.685. The van der Waals surface area contributed by atoms with Crippen LogP contribution in [-0.2, 0) is 13.0 Å². The van der Waals surface area contributed by atoms with Crippen molar-refractivity contribution in [3.8, 4) is 5.75 Å². The van der Waals surface area contributed by atoms with Gasteiger partial charge in [-0.25, -0.2) is 0 Å². The molecule has 0 spiro atoms. The van der Waals surface area contributed by atoms with Gasteiger partial charge in [-0.15, -0.1) is 0 Å². The molecule has 0 aliphatic rings. The fourth-order valence-corrected chi connectivity index (χ4v) is 2.37. The van der Waals surface area contributed by atoms with Gasteiger partial charge in [-0.1, -0.05) is 42.5 Å². The molecule has 0 aromatic heterocycles. The summed E-state index contributed by atoms with van der Waals surface area (Å²) in [5, 5.41) is 0. The summed E-state index contributed by atoms with van der Waals surface area (Å²) in [6.07, 6.45) is 1.05. The number of ether oxygens (including phenoxy) is 1. The van der Waals surface area contributed by atoms with Crippen molar-refractivity contribution < 1.29 is 4.74 Å². The van der Waals surface area contributed by atoms with E-state index in [0.717, 1.165) is 31.8 Å². The second-order valence-electron chi connectivity index (χ2n) is 5.15. The summed E-state index contributed by atoms with van der Waals surface area (Å²) in [5.41, 5.74) is 8.39. The highest BCUT2D eigenvalue weighted by atomic mass is 16.5. The molecule has 0 bridgehead atoms. The summed E-state index contributed by atoms with van der Waals surface area (Å²) in [7, 11) is 1.69. The molecule has 3 nitrogen and oxygen atoms in total. The predicted octanol–water partition coefficient (Wildman–Crippen LogP) is 2.70. The summed E-state index contributed by atoms with van der Waals surface area (Å²) in [6, 6.07) is 18.8. The van der Waals surface area contributed by atoms with Crippen molar-refractivity contribution in [2.24, 2.45) is 5.73 Å². The van der Waals surface area contributed by atoms with Crippen molar-refractivity contribution in [3.05, 3.63) is 65.7 Å². The van der Waals surface area contributed by atoms with E-state index in [4.69, 9.17) is 10.5 Å². The maximum atomic E-state index is 5.74. The molecule has 0 amide bonds. The summed E-state index contributed by atoms with van der Waals surface area (Å²) in [6.45, 7) is 3.55. The second-order valence-corrected chi connectivity index (χ2v) is 5.15. The van der Waals surface area contributed by atoms with Crippen LogP contribution in [-0.4, -0.2) is 31.6 Å². The third-order valence-electron chi connectivity index (χ3n) is 3.57. The van der Waals surface area contributed by atoms with Crippen LogP contribution < -0.4 is 10.5 Å². The minimum atomic E-state index is 0.685. The van der Waals surface area contributed by atoms with Gasteiger partial charge in [-0.3, -0.25) is 4.90 Å². The van der Waals surface area contributed by atoms with Gasteiger partial charge in [0.2, 0.25) is 0 Å². The Bertz CT molecular complexity index is 511. The summed E-state index contributed by atoms with van der Waals surface area (Å²) >= 11 is 0. The van der Waals surface area contributed by atoms with Crippen LogP contribution in [0.1, 0.15) is 11.1 Å². The molecule has 0 radical (unpaired) electrons. The van der Waals surface area contributed by atoms with E-state index in [9.17, 15) is 0 Å². The molecule has 0 saturated carbocycles. The molecule has 2 aromatic carbocycles. The van der Waals surface area contributed by atoms with Crippen LogP contribution in [0.3, 0.4) is 0 Å². The Morgan fingerprint density at radius 3 is 2.24 bits per heavy atom. The average molecular weight is 284 g/mol. The molecule has 3 heteroatoms. The highest BCUT2D eigenvalue weighted by Crippen LogP contribution is 2.13. The number of methoxy groups -OCH3 is 1. The van der Waals surface area contributed by atoms with Gasteiger partial charge in [0, 0.05) is 26.2 Å². The van der Waals surface area contributed by atoms with E-state index in [0.29, 0.717) is 6.54 Å². The average Bonchev–Trinajstić information content (AvgIpc) is 2.54. The molecule has 0 fully saturated rings. The molecule has 0 aliphatic heterocycles. The monoisotopic (exact) mass is 284 g/mol. The van der Waals surface area contributed by atoms with Crippen LogP contribution >= 0.6 is 0 Å². The first-order valence-corrected chi connectivity index (χ1v) is 7.41. The fraction of sp³-hybridized carbons (Fsp3) is 0.333. The Morgan fingerprint density at radius 1 is 0.905 bits per heavy atom. The molecule has 0 heterocycles. The lowest BCUT2D eigenvalue weighted by Gasteiger charge is -2.21. The van der Waals surface area contributed by atoms with Gasteiger partial charge in [0.25, 0.3) is 0 Å². The van der Waals surface area contributed by atoms with Crippen LogP contribution in [0, 0.1) is 0 Å². The number of nitrogens with zero attached hydrogens (tertiary/aromatic N) is 1. The first-order valence-electron chi connectivity index (χ1n) is 7.41. The van der Waals surface area contributed by atoms with E-state index in [1.54, 1.807) is 7.11 Å². The minimum Gasteiger partial charge on any atom is -0.497 e. The lowest BCUT2D eigenvalue weighted by molar-refractivity contribution is 0.276. The van der Waals surface area contributed by atoms with Crippen molar-refractivity contribution in [1.82, 2.24) is 4.90 Å². The zero-order valence-corrected chi connectivity index (χ0v) is 12.7. The van der Waals surface area contributed by atoms with E-state index in [2.05, 4.69) is 47.4 Å². The Labute approximate surface area is 127 Å². The van der Waals surface area contributed by atoms with E-state index in [-0.39, 0.29) is 0 Å². The maximum absolute atomic E-state index is 5.74. The SMILES string of the molecule is COc1ccc(CN(CCN)CCc2ccccc2)cc1. The van der Waals surface area contributed by atoms with Gasteiger partial charge in [0.15, 0.2) is 0 Å². The fourth-order valence-electron chi connectivity index (χ4n) is 2.37. The van der Waals surface area contributed by atoms with Gasteiger partial charge in [-0.2, -0.15) is 0 Å². The van der Waals surface area contributed by atoms with E-state index in [1.165, 1.54) is 11.1 Å². The summed E-state index contributed by atoms with van der Waals surface area (Å²) < 4.78 is 5.19. The smallest absolute Gasteiger partial charge is 0.118 e. The number of benzene rings is 2. The van der Waals surface area contributed by atoms with Gasteiger partial charge < -0.3 is 10.5 Å². The maximum Gasteiger partial charge on any atom is 0.118 e. The van der Waals surface area contributed by atoms with Crippen molar-refractivity contribution in [2.75, 3.05) is 26.7 Å². The Morgan fingerprint density at radius 2 is 1.62 bits per heavy atom. The van der Waals surface area contributed by atoms with Gasteiger partial charge in [-0.05, 0) is 29.7 Å². The highest BCUT2D eigenvalue weighted by molar-refractivity contribution is 5.27. The van der Waals surface area contributed by atoms with Crippen molar-refractivity contribution in [3.63, 3.8) is 0 Å². The summed E-state index contributed by atoms with van der Waals surface area (Å²) in [5.74, 6) is 0.897. The largest absolute Gasteiger partial charge is 0.497 e. The predicted molar refractivity (Wildman–Crippen MR) is 87.5 cm³/mol. The second kappa shape index (κ2) is 8.45. The molecule has 0 atom stereocenters. The number of hydrogen-bond donors (Lipinski definition) is 1. The van der Waals surface area contributed by atoms with Crippen LogP contribution in [0.4, 0.5) is 0 Å². The first kappa shape index (κ1) is 15.5. The Balaban J connectivity index is 1.91. The Hall–Kier alpha value is -1.84. The summed E-state index contributed by atoms with van der Waals surface area (Å²) in [4.78, 5) is 2.40. The van der Waals surface area contributed by atoms with E-state index in [1.807, 2.05) is 12.1 Å². The first-order chi connectivity index (χ1) is 10.3. The quantitative estimate of drug-likeness (QED) is 0.810. The highest BCUT2D eigenvalue weighted by Gasteiger charge is 2.06. The number of hydrogen-bond acceptors (Lipinski definition) is 3. The third-order valence-corrected chi connectivity index (χ3v) is 3.57. The Kier molecular flexibility index (Phi) is 6.25. The van der Waals surface area contributed by atoms with Crippen molar-refractivity contribution in [2.45, 2.75) is 13.0 Å². The lowest BCUT2D eigenvalue weighted by Crippen LogP contribution is -2.31. The topological polar surface area (TPSA) is 38.5 Å². The number of rotatable bonds is 8. The molecular formula is C18H24N2O. The van der Waals surface area contributed by atoms with Crippen molar-refractivity contribution in [1.29, 1.82) is 0 Å². The molecule has 0 unspecified atom stereocenters. The normalized spacial score (nSPS) is 10.8. The van der Waals surface area contributed by atoms with Gasteiger partial charge >= 0.3 is 0 Å². The molecule has 112 valence electrons. The third kappa shape index (κ3) is 5.21. The molecule has 0 aliphatic carbocycles. The molecule has 21 heavy (non-hydrogen) atoms. The van der Waals surface area contributed by atoms with Gasteiger partial charge in [0.1, 0.15) is 5.75 Å². The van der Waals surface area contributed by atoms with E-state index < -0.39 is 0 Å². The van der Waals surface area contributed by atoms with E-state index >= 15 is 0 Å². The molecule has 2 N–H and O–H groups in total. The van der Waals surface area contributed by atoms with Crippen LogP contribution in [0.5, 0.6) is 5.75 Å². The zero-order chi connectivity index (χ0) is 14.9. The molecule has 0 saturated heterocycles. The number of nitrogens with two attached hydrogens (primary N) is 1.